The van der Waals surface area contributed by atoms with Gasteiger partial charge in [0.1, 0.15) is 0 Å². The Morgan fingerprint density at radius 1 is 1.08 bits per heavy atom. The first kappa shape index (κ1) is 12.0. The van der Waals surface area contributed by atoms with E-state index in [1.165, 1.54) is 0 Å². The molecular weight excluding hydrogens is 148 g/mol. The number of rotatable bonds is 5. The third-order valence-corrected chi connectivity index (χ3v) is 3.69. The van der Waals surface area contributed by atoms with Gasteiger partial charge in [-0.3, -0.25) is 0 Å². The summed E-state index contributed by atoms with van der Waals surface area (Å²) < 4.78 is 0. The summed E-state index contributed by atoms with van der Waals surface area (Å²) in [4.78, 5) is 0. The maximum absolute atomic E-state index is 9.40. The SMILES string of the molecule is CCC(CC)(CO)C(C)C(C)C. The topological polar surface area (TPSA) is 20.2 Å². The van der Waals surface area contributed by atoms with E-state index in [1.54, 1.807) is 0 Å². The van der Waals surface area contributed by atoms with Gasteiger partial charge in [0.2, 0.25) is 0 Å². The van der Waals surface area contributed by atoms with Crippen LogP contribution in [0.25, 0.3) is 0 Å². The van der Waals surface area contributed by atoms with Gasteiger partial charge < -0.3 is 5.11 Å². The molecular formula is C11H24O. The summed E-state index contributed by atoms with van der Waals surface area (Å²) >= 11 is 0. The van der Waals surface area contributed by atoms with E-state index in [0.29, 0.717) is 18.4 Å². The predicted octanol–water partition coefficient (Wildman–Crippen LogP) is 3.08. The molecule has 0 aromatic heterocycles. The van der Waals surface area contributed by atoms with Crippen molar-refractivity contribution in [2.45, 2.75) is 47.5 Å². The van der Waals surface area contributed by atoms with Crippen LogP contribution in [0, 0.1) is 17.3 Å². The number of aliphatic hydroxyl groups excluding tert-OH is 1. The van der Waals surface area contributed by atoms with Crippen molar-refractivity contribution in [1.29, 1.82) is 0 Å². The van der Waals surface area contributed by atoms with Crippen LogP contribution in [0.1, 0.15) is 47.5 Å². The summed E-state index contributed by atoms with van der Waals surface area (Å²) in [5.74, 6) is 1.27. The Labute approximate surface area is 77.2 Å². The molecule has 0 spiro atoms. The molecule has 0 aliphatic heterocycles. The Morgan fingerprint density at radius 3 is 1.58 bits per heavy atom. The lowest BCUT2D eigenvalue weighted by Crippen LogP contribution is -2.34. The number of aliphatic hydroxyl groups is 1. The average Bonchev–Trinajstić information content (AvgIpc) is 2.08. The summed E-state index contributed by atoms with van der Waals surface area (Å²) in [7, 11) is 0. The molecule has 0 amide bonds. The zero-order valence-electron chi connectivity index (χ0n) is 9.22. The van der Waals surface area contributed by atoms with Crippen molar-refractivity contribution >= 4 is 0 Å². The van der Waals surface area contributed by atoms with Crippen LogP contribution < -0.4 is 0 Å². The molecule has 1 atom stereocenters. The van der Waals surface area contributed by atoms with Crippen LogP contribution >= 0.6 is 0 Å². The van der Waals surface area contributed by atoms with Crippen molar-refractivity contribution in [3.63, 3.8) is 0 Å². The molecule has 0 saturated heterocycles. The van der Waals surface area contributed by atoms with Gasteiger partial charge in [0.05, 0.1) is 0 Å². The molecule has 0 rings (SSSR count). The highest BCUT2D eigenvalue weighted by atomic mass is 16.3. The quantitative estimate of drug-likeness (QED) is 0.675. The van der Waals surface area contributed by atoms with Gasteiger partial charge in [0, 0.05) is 6.61 Å². The van der Waals surface area contributed by atoms with Crippen molar-refractivity contribution in [3.8, 4) is 0 Å². The van der Waals surface area contributed by atoms with Crippen molar-refractivity contribution in [1.82, 2.24) is 0 Å². The van der Waals surface area contributed by atoms with Crippen LogP contribution in [-0.2, 0) is 0 Å². The molecule has 74 valence electrons. The molecule has 0 saturated carbocycles. The third-order valence-electron chi connectivity index (χ3n) is 3.69. The second kappa shape index (κ2) is 4.86. The molecule has 0 fully saturated rings. The minimum absolute atomic E-state index is 0.161. The van der Waals surface area contributed by atoms with Gasteiger partial charge >= 0.3 is 0 Å². The van der Waals surface area contributed by atoms with Gasteiger partial charge in [-0.2, -0.15) is 0 Å². The van der Waals surface area contributed by atoms with Crippen LogP contribution in [0.2, 0.25) is 0 Å². The van der Waals surface area contributed by atoms with E-state index in [2.05, 4.69) is 34.6 Å². The zero-order valence-corrected chi connectivity index (χ0v) is 9.22. The molecule has 0 bridgehead atoms. The Hall–Kier alpha value is -0.0400. The first-order valence-corrected chi connectivity index (χ1v) is 5.15. The van der Waals surface area contributed by atoms with E-state index >= 15 is 0 Å². The standard InChI is InChI=1S/C11H24O/c1-6-11(7-2,8-12)10(5)9(3)4/h9-10,12H,6-8H2,1-5H3. The van der Waals surface area contributed by atoms with Crippen LogP contribution in [0.3, 0.4) is 0 Å². The summed E-state index contributed by atoms with van der Waals surface area (Å²) in [6, 6.07) is 0. The van der Waals surface area contributed by atoms with Gasteiger partial charge in [-0.1, -0.05) is 34.6 Å². The van der Waals surface area contributed by atoms with Crippen molar-refractivity contribution in [2.24, 2.45) is 17.3 Å². The van der Waals surface area contributed by atoms with Gasteiger partial charge in [-0.05, 0) is 30.1 Å². The Bertz CT molecular complexity index is 106. The minimum Gasteiger partial charge on any atom is -0.396 e. The molecule has 0 aromatic rings. The summed E-state index contributed by atoms with van der Waals surface area (Å²) in [5.41, 5.74) is 0.161. The minimum atomic E-state index is 0.161. The van der Waals surface area contributed by atoms with Gasteiger partial charge in [-0.25, -0.2) is 0 Å². The second-order valence-corrected chi connectivity index (χ2v) is 4.26. The fraction of sp³-hybridized carbons (Fsp3) is 1.00. The highest BCUT2D eigenvalue weighted by Crippen LogP contribution is 2.38. The molecule has 0 aromatic carbocycles. The fourth-order valence-electron chi connectivity index (χ4n) is 1.97. The molecule has 12 heavy (non-hydrogen) atoms. The van der Waals surface area contributed by atoms with Crippen LogP contribution in [0.4, 0.5) is 0 Å². The summed E-state index contributed by atoms with van der Waals surface area (Å²) in [6.45, 7) is 11.4. The van der Waals surface area contributed by atoms with E-state index in [1.807, 2.05) is 0 Å². The van der Waals surface area contributed by atoms with E-state index in [4.69, 9.17) is 0 Å². The lowest BCUT2D eigenvalue weighted by Gasteiger charge is -2.38. The number of hydrogen-bond acceptors (Lipinski definition) is 1. The molecule has 0 aliphatic rings. The number of hydrogen-bond donors (Lipinski definition) is 1. The van der Waals surface area contributed by atoms with Crippen molar-refractivity contribution in [2.75, 3.05) is 6.61 Å². The molecule has 1 nitrogen and oxygen atoms in total. The Balaban J connectivity index is 4.46. The lowest BCUT2D eigenvalue weighted by atomic mass is 9.68. The molecule has 0 heterocycles. The summed E-state index contributed by atoms with van der Waals surface area (Å²) in [6.07, 6.45) is 2.17. The average molecular weight is 172 g/mol. The maximum atomic E-state index is 9.40. The molecule has 0 radical (unpaired) electrons. The Kier molecular flexibility index (Phi) is 4.84. The van der Waals surface area contributed by atoms with Gasteiger partial charge in [0.25, 0.3) is 0 Å². The highest BCUT2D eigenvalue weighted by Gasteiger charge is 2.33. The van der Waals surface area contributed by atoms with E-state index < -0.39 is 0 Å². The van der Waals surface area contributed by atoms with Crippen LogP contribution in [0.5, 0.6) is 0 Å². The smallest absolute Gasteiger partial charge is 0.0489 e. The molecule has 1 heteroatoms. The Morgan fingerprint density at radius 2 is 1.50 bits per heavy atom. The largest absolute Gasteiger partial charge is 0.396 e. The first-order chi connectivity index (χ1) is 5.54. The molecule has 1 N–H and O–H groups in total. The maximum Gasteiger partial charge on any atom is 0.0489 e. The fourth-order valence-corrected chi connectivity index (χ4v) is 1.97. The monoisotopic (exact) mass is 172 g/mol. The van der Waals surface area contributed by atoms with Gasteiger partial charge in [-0.15, -0.1) is 0 Å². The normalized spacial score (nSPS) is 15.2. The highest BCUT2D eigenvalue weighted by molar-refractivity contribution is 4.82. The second-order valence-electron chi connectivity index (χ2n) is 4.26. The first-order valence-electron chi connectivity index (χ1n) is 5.15. The predicted molar refractivity (Wildman–Crippen MR) is 54.1 cm³/mol. The summed E-state index contributed by atoms with van der Waals surface area (Å²) in [5, 5.41) is 9.40. The van der Waals surface area contributed by atoms with Crippen LogP contribution in [-0.4, -0.2) is 11.7 Å². The van der Waals surface area contributed by atoms with E-state index in [9.17, 15) is 5.11 Å². The third kappa shape index (κ3) is 2.22. The van der Waals surface area contributed by atoms with E-state index in [-0.39, 0.29) is 5.41 Å². The van der Waals surface area contributed by atoms with Gasteiger partial charge in [0.15, 0.2) is 0 Å². The van der Waals surface area contributed by atoms with E-state index in [0.717, 1.165) is 12.8 Å². The van der Waals surface area contributed by atoms with Crippen molar-refractivity contribution in [3.05, 3.63) is 0 Å². The molecule has 0 aliphatic carbocycles. The zero-order chi connectivity index (χ0) is 9.78. The van der Waals surface area contributed by atoms with Crippen molar-refractivity contribution < 1.29 is 5.11 Å². The lowest BCUT2D eigenvalue weighted by molar-refractivity contribution is 0.0375. The van der Waals surface area contributed by atoms with Crippen LogP contribution in [0.15, 0.2) is 0 Å². The molecule has 1 unspecified atom stereocenters.